The van der Waals surface area contributed by atoms with Gasteiger partial charge in [0, 0.05) is 6.54 Å². The van der Waals surface area contributed by atoms with Crippen LogP contribution in [0, 0.1) is 0 Å². The third-order valence-electron chi connectivity index (χ3n) is 4.73. The lowest BCUT2D eigenvalue weighted by atomic mass is 10.0. The van der Waals surface area contributed by atoms with Gasteiger partial charge in [-0.25, -0.2) is 4.79 Å². The average Bonchev–Trinajstić information content (AvgIpc) is 3.05. The summed E-state index contributed by atoms with van der Waals surface area (Å²) in [6, 6.07) is 13.5. The Balaban J connectivity index is 1.93. The first-order chi connectivity index (χ1) is 14.4. The molecule has 3 aromatic rings. The minimum Gasteiger partial charge on any atom is -0.462 e. The number of hydrogen-bond donors (Lipinski definition) is 0. The molecule has 0 aliphatic heterocycles. The molecule has 0 unspecified atom stereocenters. The molecular weight excluding hydrogens is 396 g/mol. The molecule has 0 saturated heterocycles. The monoisotopic (exact) mass is 422 g/mol. The molecule has 3 rings (SSSR count). The highest BCUT2D eigenvalue weighted by molar-refractivity contribution is 7.16. The highest BCUT2D eigenvalue weighted by Crippen LogP contribution is 2.20. The third-order valence-corrected chi connectivity index (χ3v) is 5.77. The Hall–Kier alpha value is -2.99. The van der Waals surface area contributed by atoms with Crippen molar-refractivity contribution in [3.05, 3.63) is 76.6 Å². The highest BCUT2D eigenvalue weighted by Gasteiger charge is 2.12. The van der Waals surface area contributed by atoms with Crippen LogP contribution in [0.1, 0.15) is 48.2 Å². The van der Waals surface area contributed by atoms with E-state index in [1.54, 1.807) is 25.1 Å². The summed E-state index contributed by atoms with van der Waals surface area (Å²) >= 11 is 1.38. The van der Waals surface area contributed by atoms with Crippen LogP contribution in [0.5, 0.6) is 0 Å². The molecule has 0 fully saturated rings. The maximum Gasteiger partial charge on any atom is 0.338 e. The number of esters is 1. The summed E-state index contributed by atoms with van der Waals surface area (Å²) < 4.78 is 7.88. The molecule has 0 spiro atoms. The van der Waals surface area contributed by atoms with Crippen molar-refractivity contribution in [2.24, 2.45) is 4.99 Å². The van der Waals surface area contributed by atoms with Crippen molar-refractivity contribution in [3.63, 3.8) is 0 Å². The van der Waals surface area contributed by atoms with Gasteiger partial charge in [-0.05, 0) is 42.2 Å². The zero-order valence-electron chi connectivity index (χ0n) is 17.6. The van der Waals surface area contributed by atoms with Crippen LogP contribution in [-0.4, -0.2) is 23.1 Å². The topological polar surface area (TPSA) is 60.7 Å². The van der Waals surface area contributed by atoms with Crippen LogP contribution in [0.25, 0.3) is 10.2 Å². The van der Waals surface area contributed by atoms with Crippen molar-refractivity contribution in [1.29, 1.82) is 0 Å². The summed E-state index contributed by atoms with van der Waals surface area (Å²) in [5.74, 6) is -0.111. The van der Waals surface area contributed by atoms with E-state index in [2.05, 4.69) is 37.6 Å². The molecule has 30 heavy (non-hydrogen) atoms. The van der Waals surface area contributed by atoms with Gasteiger partial charge in [-0.1, -0.05) is 55.5 Å². The van der Waals surface area contributed by atoms with E-state index in [0.717, 1.165) is 15.8 Å². The molecule has 0 N–H and O–H groups in total. The molecule has 5 nitrogen and oxygen atoms in total. The summed E-state index contributed by atoms with van der Waals surface area (Å²) in [4.78, 5) is 29.6. The SMILES string of the molecule is C=CCn1c(=NC(=O)Cc2ccc(C(C)C)cc2)sc2cc(C(=O)OCC)ccc21. The molecule has 0 radical (unpaired) electrons. The van der Waals surface area contributed by atoms with Crippen molar-refractivity contribution in [2.75, 3.05) is 6.61 Å². The molecule has 0 atom stereocenters. The van der Waals surface area contributed by atoms with Gasteiger partial charge < -0.3 is 9.30 Å². The number of hydrogen-bond acceptors (Lipinski definition) is 4. The van der Waals surface area contributed by atoms with E-state index in [1.165, 1.54) is 16.9 Å². The average molecular weight is 423 g/mol. The molecule has 156 valence electrons. The first kappa shape index (κ1) is 21.7. The Kier molecular flexibility index (Phi) is 7.00. The number of nitrogens with zero attached hydrogens (tertiary/aromatic N) is 2. The van der Waals surface area contributed by atoms with Crippen LogP contribution in [0.2, 0.25) is 0 Å². The molecule has 0 aliphatic carbocycles. The van der Waals surface area contributed by atoms with Crippen molar-refractivity contribution in [2.45, 2.75) is 39.7 Å². The fourth-order valence-corrected chi connectivity index (χ4v) is 4.24. The van der Waals surface area contributed by atoms with Crippen molar-refractivity contribution < 1.29 is 14.3 Å². The van der Waals surface area contributed by atoms with Gasteiger partial charge in [-0.3, -0.25) is 4.79 Å². The zero-order chi connectivity index (χ0) is 21.7. The number of fused-ring (bicyclic) bond motifs is 1. The number of rotatable bonds is 7. The number of allylic oxidation sites excluding steroid dienone is 1. The maximum atomic E-state index is 12.6. The Morgan fingerprint density at radius 1 is 1.20 bits per heavy atom. The second-order valence-corrected chi connectivity index (χ2v) is 8.27. The normalized spacial score (nSPS) is 11.8. The lowest BCUT2D eigenvalue weighted by Gasteiger charge is -2.05. The summed E-state index contributed by atoms with van der Waals surface area (Å²) in [6.07, 6.45) is 2.01. The predicted octanol–water partition coefficient (Wildman–Crippen LogP) is 4.86. The van der Waals surface area contributed by atoms with Gasteiger partial charge in [0.15, 0.2) is 4.80 Å². The second-order valence-electron chi connectivity index (χ2n) is 7.27. The van der Waals surface area contributed by atoms with Gasteiger partial charge in [0.05, 0.1) is 28.8 Å². The quantitative estimate of drug-likeness (QED) is 0.404. The fourth-order valence-electron chi connectivity index (χ4n) is 3.15. The number of thiazole rings is 1. The Morgan fingerprint density at radius 2 is 1.93 bits per heavy atom. The second kappa shape index (κ2) is 9.67. The van der Waals surface area contributed by atoms with Crippen LogP contribution in [0.4, 0.5) is 0 Å². The van der Waals surface area contributed by atoms with Crippen LogP contribution in [0.15, 0.2) is 60.1 Å². The summed E-state index contributed by atoms with van der Waals surface area (Å²) in [7, 11) is 0. The molecule has 2 aromatic carbocycles. The van der Waals surface area contributed by atoms with E-state index >= 15 is 0 Å². The van der Waals surface area contributed by atoms with E-state index in [-0.39, 0.29) is 18.3 Å². The van der Waals surface area contributed by atoms with Gasteiger partial charge in [0.2, 0.25) is 0 Å². The predicted molar refractivity (Wildman–Crippen MR) is 121 cm³/mol. The number of benzene rings is 2. The standard InChI is InChI=1S/C24H26N2O3S/c1-5-13-26-20-12-11-19(23(28)29-6-2)15-21(20)30-24(26)25-22(27)14-17-7-9-18(10-8-17)16(3)4/h5,7-12,15-16H,1,6,13-14H2,2-4H3. The van der Waals surface area contributed by atoms with E-state index in [0.29, 0.717) is 29.4 Å². The first-order valence-corrected chi connectivity index (χ1v) is 10.8. The van der Waals surface area contributed by atoms with Crippen LogP contribution in [0.3, 0.4) is 0 Å². The Morgan fingerprint density at radius 3 is 2.57 bits per heavy atom. The van der Waals surface area contributed by atoms with E-state index in [9.17, 15) is 9.59 Å². The first-order valence-electron chi connectivity index (χ1n) is 10.0. The van der Waals surface area contributed by atoms with Crippen molar-refractivity contribution in [3.8, 4) is 0 Å². The Labute approximate surface area is 180 Å². The van der Waals surface area contributed by atoms with Crippen LogP contribution >= 0.6 is 11.3 Å². The number of amides is 1. The van der Waals surface area contributed by atoms with Gasteiger partial charge in [0.1, 0.15) is 0 Å². The number of carbonyl (C=O) groups is 2. The van der Waals surface area contributed by atoms with Gasteiger partial charge in [-0.15, -0.1) is 6.58 Å². The van der Waals surface area contributed by atoms with E-state index < -0.39 is 0 Å². The van der Waals surface area contributed by atoms with Gasteiger partial charge >= 0.3 is 5.97 Å². The zero-order valence-corrected chi connectivity index (χ0v) is 18.4. The molecule has 0 saturated carbocycles. The molecule has 1 aromatic heterocycles. The maximum absolute atomic E-state index is 12.6. The molecule has 0 aliphatic rings. The summed E-state index contributed by atoms with van der Waals surface area (Å²) in [5, 5.41) is 0. The minimum absolute atomic E-state index is 0.206. The highest BCUT2D eigenvalue weighted by atomic mass is 32.1. The number of carbonyl (C=O) groups excluding carboxylic acids is 2. The summed E-state index contributed by atoms with van der Waals surface area (Å²) in [6.45, 7) is 10.7. The van der Waals surface area contributed by atoms with Gasteiger partial charge in [0.25, 0.3) is 5.91 Å². The van der Waals surface area contributed by atoms with E-state index in [1.807, 2.05) is 22.8 Å². The van der Waals surface area contributed by atoms with Gasteiger partial charge in [-0.2, -0.15) is 4.99 Å². The number of aromatic nitrogens is 1. The minimum atomic E-state index is -0.359. The van der Waals surface area contributed by atoms with Crippen molar-refractivity contribution in [1.82, 2.24) is 4.57 Å². The lowest BCUT2D eigenvalue weighted by molar-refractivity contribution is -0.117. The Bertz CT molecular complexity index is 1140. The van der Waals surface area contributed by atoms with Crippen LogP contribution in [-0.2, 0) is 22.5 Å². The smallest absolute Gasteiger partial charge is 0.338 e. The largest absolute Gasteiger partial charge is 0.462 e. The van der Waals surface area contributed by atoms with E-state index in [4.69, 9.17) is 4.74 Å². The third kappa shape index (κ3) is 4.94. The molecule has 1 amide bonds. The lowest BCUT2D eigenvalue weighted by Crippen LogP contribution is -2.17. The van der Waals surface area contributed by atoms with Crippen LogP contribution < -0.4 is 4.80 Å². The van der Waals surface area contributed by atoms with Crippen molar-refractivity contribution >= 4 is 33.4 Å². The number of ether oxygens (including phenoxy) is 1. The fraction of sp³-hybridized carbons (Fsp3) is 0.292. The molecule has 0 bridgehead atoms. The molecule has 6 heteroatoms. The molecular formula is C24H26N2O3S. The molecule has 1 heterocycles. The summed E-state index contributed by atoms with van der Waals surface area (Å²) in [5.41, 5.74) is 3.57.